The molecule has 4 rings (SSSR count). The summed E-state index contributed by atoms with van der Waals surface area (Å²) in [7, 11) is 1.77. The van der Waals surface area contributed by atoms with E-state index in [9.17, 15) is 9.59 Å². The molecule has 35 heavy (non-hydrogen) atoms. The fourth-order valence-electron chi connectivity index (χ4n) is 4.11. The molecule has 1 amide bonds. The number of hydrogen-bond donors (Lipinski definition) is 0. The molecule has 0 unspecified atom stereocenters. The summed E-state index contributed by atoms with van der Waals surface area (Å²) in [5, 5.41) is 0.980. The number of pyridine rings is 2. The Balaban J connectivity index is 1.27. The summed E-state index contributed by atoms with van der Waals surface area (Å²) in [6, 6.07) is 22.6. The van der Waals surface area contributed by atoms with E-state index in [-0.39, 0.29) is 11.5 Å². The number of carbonyl (C=O) groups excluding carboxylic acids is 1. The van der Waals surface area contributed by atoms with Crippen molar-refractivity contribution in [2.45, 2.75) is 25.7 Å². The van der Waals surface area contributed by atoms with E-state index in [1.54, 1.807) is 23.9 Å². The van der Waals surface area contributed by atoms with E-state index in [2.05, 4.69) is 4.98 Å². The van der Waals surface area contributed by atoms with Gasteiger partial charge in [0.15, 0.2) is 0 Å². The van der Waals surface area contributed by atoms with E-state index in [1.165, 1.54) is 0 Å². The molecule has 6 nitrogen and oxygen atoms in total. The molecule has 0 aliphatic heterocycles. The van der Waals surface area contributed by atoms with Gasteiger partial charge >= 0.3 is 0 Å². The van der Waals surface area contributed by atoms with Crippen molar-refractivity contribution in [3.05, 3.63) is 107 Å². The average Bonchev–Trinajstić information content (AvgIpc) is 2.90. The Bertz CT molecular complexity index is 1300. The van der Waals surface area contributed by atoms with Gasteiger partial charge in [-0.05, 0) is 73.7 Å². The van der Waals surface area contributed by atoms with Gasteiger partial charge in [-0.1, -0.05) is 24.3 Å². The molecule has 0 radical (unpaired) electrons. The third-order valence-electron chi connectivity index (χ3n) is 6.14. The second kappa shape index (κ2) is 12.0. The quantitative estimate of drug-likeness (QED) is 0.294. The highest BCUT2D eigenvalue weighted by atomic mass is 16.5. The van der Waals surface area contributed by atoms with E-state index >= 15 is 0 Å². The van der Waals surface area contributed by atoms with Crippen LogP contribution in [0.2, 0.25) is 0 Å². The number of fused-ring (bicyclic) bond motifs is 1. The van der Waals surface area contributed by atoms with Gasteiger partial charge in [0.05, 0.1) is 12.1 Å². The summed E-state index contributed by atoms with van der Waals surface area (Å²) >= 11 is 0. The van der Waals surface area contributed by atoms with Crippen LogP contribution in [-0.4, -0.2) is 40.1 Å². The number of amides is 1. The maximum Gasteiger partial charge on any atom is 0.253 e. The van der Waals surface area contributed by atoms with Crippen molar-refractivity contribution in [1.82, 2.24) is 14.5 Å². The zero-order chi connectivity index (χ0) is 24.5. The molecule has 0 bridgehead atoms. The molecule has 2 aromatic heterocycles. The molecular formula is C29H31N3O3. The van der Waals surface area contributed by atoms with Crippen LogP contribution in [0.1, 0.15) is 35.2 Å². The van der Waals surface area contributed by atoms with Crippen LogP contribution in [0, 0.1) is 0 Å². The zero-order valence-electron chi connectivity index (χ0n) is 20.1. The molecule has 0 saturated heterocycles. The van der Waals surface area contributed by atoms with Crippen LogP contribution in [0.4, 0.5) is 0 Å². The highest BCUT2D eigenvalue weighted by Gasteiger charge is 2.15. The average molecular weight is 470 g/mol. The first-order valence-electron chi connectivity index (χ1n) is 12.1. The third-order valence-corrected chi connectivity index (χ3v) is 6.14. The number of benzene rings is 2. The topological polar surface area (TPSA) is 64.4 Å². The van der Waals surface area contributed by atoms with Crippen LogP contribution in [0.25, 0.3) is 10.9 Å². The second-order valence-electron chi connectivity index (χ2n) is 8.63. The van der Waals surface area contributed by atoms with Gasteiger partial charge in [-0.3, -0.25) is 14.6 Å². The Morgan fingerprint density at radius 1 is 0.943 bits per heavy atom. The van der Waals surface area contributed by atoms with Crippen molar-refractivity contribution < 1.29 is 9.53 Å². The Morgan fingerprint density at radius 2 is 1.80 bits per heavy atom. The molecule has 0 saturated carbocycles. The minimum atomic E-state index is -0.0219. The molecule has 2 heterocycles. The highest BCUT2D eigenvalue weighted by molar-refractivity contribution is 5.94. The van der Waals surface area contributed by atoms with Gasteiger partial charge in [0.2, 0.25) is 0 Å². The standard InChI is InChI=1S/C29H31N3O3/c1-31-27-14-13-26(21-25(27)12-15-28(31)33)35-20-7-3-6-18-32(19-16-23-9-8-17-30-22-23)29(34)24-10-4-2-5-11-24/h2,4-5,8-15,17,21-22H,3,6-7,16,18-20H2,1H3. The monoisotopic (exact) mass is 469 g/mol. The molecule has 0 N–H and O–H groups in total. The van der Waals surface area contributed by atoms with Crippen LogP contribution in [0.5, 0.6) is 5.75 Å². The lowest BCUT2D eigenvalue weighted by atomic mass is 10.1. The maximum atomic E-state index is 13.1. The summed E-state index contributed by atoms with van der Waals surface area (Å²) in [5.41, 5.74) is 2.71. The minimum absolute atomic E-state index is 0.0219. The number of rotatable bonds is 11. The maximum absolute atomic E-state index is 13.1. The summed E-state index contributed by atoms with van der Waals surface area (Å²) < 4.78 is 7.57. The molecule has 0 atom stereocenters. The Labute approximate surface area is 205 Å². The number of unbranched alkanes of at least 4 members (excludes halogenated alkanes) is 2. The van der Waals surface area contributed by atoms with Gasteiger partial charge in [0, 0.05) is 49.5 Å². The van der Waals surface area contributed by atoms with Crippen molar-refractivity contribution in [2.75, 3.05) is 19.7 Å². The molecule has 0 fully saturated rings. The van der Waals surface area contributed by atoms with Crippen molar-refractivity contribution in [1.29, 1.82) is 0 Å². The number of nitrogens with zero attached hydrogens (tertiary/aromatic N) is 3. The van der Waals surface area contributed by atoms with Gasteiger partial charge < -0.3 is 14.2 Å². The van der Waals surface area contributed by atoms with Gasteiger partial charge in [-0.15, -0.1) is 0 Å². The van der Waals surface area contributed by atoms with Crippen molar-refractivity contribution in [2.24, 2.45) is 7.05 Å². The predicted octanol–water partition coefficient (Wildman–Crippen LogP) is 4.87. The summed E-state index contributed by atoms with van der Waals surface area (Å²) in [6.45, 7) is 1.98. The van der Waals surface area contributed by atoms with Crippen LogP contribution >= 0.6 is 0 Å². The first-order valence-corrected chi connectivity index (χ1v) is 12.1. The molecule has 4 aromatic rings. The lowest BCUT2D eigenvalue weighted by Crippen LogP contribution is -2.34. The number of carbonyl (C=O) groups is 1. The molecule has 0 aliphatic rings. The first kappa shape index (κ1) is 24.2. The highest BCUT2D eigenvalue weighted by Crippen LogP contribution is 2.19. The lowest BCUT2D eigenvalue weighted by molar-refractivity contribution is 0.0754. The van der Waals surface area contributed by atoms with Crippen LogP contribution in [-0.2, 0) is 13.5 Å². The number of ether oxygens (including phenoxy) is 1. The third kappa shape index (κ3) is 6.57. The normalized spacial score (nSPS) is 10.9. The number of hydrogen-bond acceptors (Lipinski definition) is 4. The van der Waals surface area contributed by atoms with Gasteiger partial charge in [0.25, 0.3) is 11.5 Å². The van der Waals surface area contributed by atoms with E-state index in [0.29, 0.717) is 19.7 Å². The molecular weight excluding hydrogens is 438 g/mol. The largest absolute Gasteiger partial charge is 0.494 e. The fourth-order valence-corrected chi connectivity index (χ4v) is 4.11. The molecule has 180 valence electrons. The predicted molar refractivity (Wildman–Crippen MR) is 139 cm³/mol. The first-order chi connectivity index (χ1) is 17.1. The fraction of sp³-hybridized carbons (Fsp3) is 0.276. The molecule has 0 spiro atoms. The lowest BCUT2D eigenvalue weighted by Gasteiger charge is -2.23. The van der Waals surface area contributed by atoms with E-state index < -0.39 is 0 Å². The summed E-state index contributed by atoms with van der Waals surface area (Å²) in [5.74, 6) is 0.866. The van der Waals surface area contributed by atoms with Gasteiger partial charge in [-0.25, -0.2) is 0 Å². The summed E-state index contributed by atoms with van der Waals surface area (Å²) in [4.78, 5) is 31.0. The van der Waals surface area contributed by atoms with E-state index in [1.807, 2.05) is 77.8 Å². The molecule has 2 aromatic carbocycles. The second-order valence-corrected chi connectivity index (χ2v) is 8.63. The van der Waals surface area contributed by atoms with Crippen LogP contribution in [0.15, 0.2) is 90.0 Å². The Kier molecular flexibility index (Phi) is 8.28. The van der Waals surface area contributed by atoms with Crippen molar-refractivity contribution in [3.8, 4) is 5.75 Å². The van der Waals surface area contributed by atoms with E-state index in [4.69, 9.17) is 4.74 Å². The summed E-state index contributed by atoms with van der Waals surface area (Å²) in [6.07, 6.45) is 7.18. The van der Waals surface area contributed by atoms with Gasteiger partial charge in [0.1, 0.15) is 5.75 Å². The van der Waals surface area contributed by atoms with Crippen molar-refractivity contribution >= 4 is 16.8 Å². The van der Waals surface area contributed by atoms with Crippen LogP contribution in [0.3, 0.4) is 0 Å². The smallest absolute Gasteiger partial charge is 0.253 e. The Morgan fingerprint density at radius 3 is 2.60 bits per heavy atom. The van der Waals surface area contributed by atoms with Crippen molar-refractivity contribution in [3.63, 3.8) is 0 Å². The Hall–Kier alpha value is -3.93. The van der Waals surface area contributed by atoms with Gasteiger partial charge in [-0.2, -0.15) is 0 Å². The number of aromatic nitrogens is 2. The SMILES string of the molecule is Cn1c(=O)ccc2cc(OCCCCCN(CCc3cccnc3)C(=O)c3ccccc3)ccc21. The number of aryl methyl sites for hydroxylation is 1. The zero-order valence-corrected chi connectivity index (χ0v) is 20.1. The van der Waals surface area contributed by atoms with E-state index in [0.717, 1.165) is 53.5 Å². The minimum Gasteiger partial charge on any atom is -0.494 e. The molecule has 0 aliphatic carbocycles. The molecule has 6 heteroatoms. The van der Waals surface area contributed by atoms with Crippen LogP contribution < -0.4 is 10.3 Å².